The Morgan fingerprint density at radius 2 is 2.12 bits per heavy atom. The first kappa shape index (κ1) is 18.6. The molecule has 1 N–H and O–H groups in total. The van der Waals surface area contributed by atoms with E-state index in [9.17, 15) is 9.59 Å². The summed E-state index contributed by atoms with van der Waals surface area (Å²) in [7, 11) is 1.85. The molecule has 7 heteroatoms. The van der Waals surface area contributed by atoms with Crippen LogP contribution < -0.4 is 5.32 Å². The van der Waals surface area contributed by atoms with E-state index in [0.29, 0.717) is 23.4 Å². The minimum atomic E-state index is -0.332. The summed E-state index contributed by atoms with van der Waals surface area (Å²) < 4.78 is 7.14. The molecule has 6 nitrogen and oxygen atoms in total. The summed E-state index contributed by atoms with van der Waals surface area (Å²) in [4.78, 5) is 26.2. The van der Waals surface area contributed by atoms with Crippen LogP contribution in [-0.2, 0) is 35.8 Å². The van der Waals surface area contributed by atoms with Crippen molar-refractivity contribution in [2.45, 2.75) is 58.5 Å². The summed E-state index contributed by atoms with van der Waals surface area (Å²) in [5.41, 5.74) is 2.65. The molecule has 1 amide bonds. The molecule has 0 saturated carbocycles. The highest BCUT2D eigenvalue weighted by atomic mass is 32.1. The molecule has 0 aromatic carbocycles. The molecule has 1 aliphatic rings. The van der Waals surface area contributed by atoms with Crippen molar-refractivity contribution < 1.29 is 14.3 Å². The highest BCUT2D eigenvalue weighted by molar-refractivity contribution is 7.17. The third-order valence-corrected chi connectivity index (χ3v) is 5.58. The lowest BCUT2D eigenvalue weighted by Gasteiger charge is -2.14. The number of aryl methyl sites for hydroxylation is 3. The van der Waals surface area contributed by atoms with Gasteiger partial charge >= 0.3 is 5.97 Å². The number of anilines is 1. The molecule has 0 fully saturated rings. The maximum Gasteiger partial charge on any atom is 0.341 e. The Labute approximate surface area is 157 Å². The average Bonchev–Trinajstić information content (AvgIpc) is 3.15. The van der Waals surface area contributed by atoms with E-state index in [2.05, 4.69) is 10.4 Å². The van der Waals surface area contributed by atoms with Gasteiger partial charge in [-0.3, -0.25) is 9.48 Å². The minimum Gasteiger partial charge on any atom is -0.459 e. The lowest BCUT2D eigenvalue weighted by atomic mass is 9.95. The van der Waals surface area contributed by atoms with E-state index in [1.807, 2.05) is 27.1 Å². The molecule has 3 rings (SSSR count). The van der Waals surface area contributed by atoms with Crippen LogP contribution in [0.1, 0.15) is 59.5 Å². The molecular formula is C19H25N3O3S. The number of nitrogens with one attached hydrogen (secondary N) is 1. The van der Waals surface area contributed by atoms with Crippen LogP contribution in [0.2, 0.25) is 0 Å². The number of carbonyl (C=O) groups excluding carboxylic acids is 2. The number of hydrogen-bond donors (Lipinski definition) is 1. The van der Waals surface area contributed by atoms with Gasteiger partial charge in [0.25, 0.3) is 0 Å². The number of rotatable bonds is 6. The van der Waals surface area contributed by atoms with Crippen LogP contribution in [0, 0.1) is 0 Å². The first-order valence-corrected chi connectivity index (χ1v) is 9.88. The molecule has 0 atom stereocenters. The predicted octanol–water partition coefficient (Wildman–Crippen LogP) is 3.50. The van der Waals surface area contributed by atoms with Crippen LogP contribution in [0.15, 0.2) is 12.4 Å². The topological polar surface area (TPSA) is 73.2 Å². The Morgan fingerprint density at radius 3 is 2.81 bits per heavy atom. The summed E-state index contributed by atoms with van der Waals surface area (Å²) in [6, 6.07) is 0. The maximum atomic E-state index is 12.6. The summed E-state index contributed by atoms with van der Waals surface area (Å²) in [5.74, 6) is -0.423. The number of fused-ring (bicyclic) bond motifs is 1. The normalized spacial score (nSPS) is 13.5. The van der Waals surface area contributed by atoms with Crippen LogP contribution >= 0.6 is 11.3 Å². The fourth-order valence-corrected chi connectivity index (χ4v) is 4.48. The van der Waals surface area contributed by atoms with Gasteiger partial charge in [0.2, 0.25) is 5.91 Å². The van der Waals surface area contributed by atoms with Crippen molar-refractivity contribution in [1.82, 2.24) is 9.78 Å². The Hall–Kier alpha value is -2.15. The monoisotopic (exact) mass is 375 g/mol. The first-order chi connectivity index (χ1) is 12.4. The zero-order chi connectivity index (χ0) is 18.7. The van der Waals surface area contributed by atoms with Gasteiger partial charge in [0.15, 0.2) is 0 Å². The Bertz CT molecular complexity index is 807. The quantitative estimate of drug-likeness (QED) is 0.785. The zero-order valence-corrected chi connectivity index (χ0v) is 16.3. The Kier molecular flexibility index (Phi) is 5.76. The van der Waals surface area contributed by atoms with Gasteiger partial charge in [0.1, 0.15) is 5.00 Å². The second-order valence-corrected chi connectivity index (χ2v) is 8.04. The molecule has 1 aliphatic carbocycles. The Morgan fingerprint density at radius 1 is 1.35 bits per heavy atom. The maximum absolute atomic E-state index is 12.6. The van der Waals surface area contributed by atoms with Crippen molar-refractivity contribution >= 4 is 28.2 Å². The molecule has 140 valence electrons. The molecule has 0 unspecified atom stereocenters. The first-order valence-electron chi connectivity index (χ1n) is 9.07. The molecule has 2 heterocycles. The molecule has 0 aliphatic heterocycles. The standard InChI is InChI=1S/C19H25N3O3S/c1-12(2)25-19(24)17-14-6-4-5-7-15(14)26-18(17)21-16(23)9-8-13-10-20-22(3)11-13/h10-12H,4-9H2,1-3H3,(H,21,23). The smallest absolute Gasteiger partial charge is 0.341 e. The van der Waals surface area contributed by atoms with Crippen molar-refractivity contribution in [2.75, 3.05) is 5.32 Å². The molecule has 0 spiro atoms. The number of aromatic nitrogens is 2. The summed E-state index contributed by atoms with van der Waals surface area (Å²) in [5, 5.41) is 7.70. The van der Waals surface area contributed by atoms with Crippen molar-refractivity contribution in [3.8, 4) is 0 Å². The minimum absolute atomic E-state index is 0.0916. The fourth-order valence-electron chi connectivity index (χ4n) is 3.19. The van der Waals surface area contributed by atoms with E-state index in [1.54, 1.807) is 10.9 Å². The van der Waals surface area contributed by atoms with Crippen LogP contribution in [0.5, 0.6) is 0 Å². The van der Waals surface area contributed by atoms with Gasteiger partial charge in [-0.1, -0.05) is 0 Å². The Balaban J connectivity index is 1.74. The van der Waals surface area contributed by atoms with E-state index in [0.717, 1.165) is 36.8 Å². The van der Waals surface area contributed by atoms with E-state index < -0.39 is 0 Å². The number of ether oxygens (including phenoxy) is 1. The van der Waals surface area contributed by atoms with Gasteiger partial charge in [-0.25, -0.2) is 4.79 Å². The van der Waals surface area contributed by atoms with Crippen LogP contribution in [-0.4, -0.2) is 27.8 Å². The summed E-state index contributed by atoms with van der Waals surface area (Å²) in [6.45, 7) is 3.67. The number of thiophene rings is 1. The van der Waals surface area contributed by atoms with E-state index in [1.165, 1.54) is 16.2 Å². The predicted molar refractivity (Wildman–Crippen MR) is 102 cm³/mol. The van der Waals surface area contributed by atoms with Crippen molar-refractivity contribution in [3.05, 3.63) is 34.0 Å². The average molecular weight is 375 g/mol. The molecule has 0 saturated heterocycles. The number of esters is 1. The SMILES string of the molecule is CC(C)OC(=O)c1c(NC(=O)CCc2cnn(C)c2)sc2c1CCCC2. The third kappa shape index (κ3) is 4.33. The molecular weight excluding hydrogens is 350 g/mol. The van der Waals surface area contributed by atoms with Crippen LogP contribution in [0.3, 0.4) is 0 Å². The largest absolute Gasteiger partial charge is 0.459 e. The van der Waals surface area contributed by atoms with Gasteiger partial charge in [-0.05, 0) is 57.1 Å². The molecule has 2 aromatic rings. The van der Waals surface area contributed by atoms with Gasteiger partial charge in [-0.2, -0.15) is 5.10 Å². The second kappa shape index (κ2) is 8.03. The second-order valence-electron chi connectivity index (χ2n) is 6.94. The highest BCUT2D eigenvalue weighted by Gasteiger charge is 2.27. The number of carbonyl (C=O) groups is 2. The van der Waals surface area contributed by atoms with Gasteiger partial charge in [-0.15, -0.1) is 11.3 Å². The molecule has 0 bridgehead atoms. The number of hydrogen-bond acceptors (Lipinski definition) is 5. The van der Waals surface area contributed by atoms with Gasteiger partial charge in [0.05, 0.1) is 17.9 Å². The van der Waals surface area contributed by atoms with Crippen molar-refractivity contribution in [3.63, 3.8) is 0 Å². The third-order valence-electron chi connectivity index (χ3n) is 4.37. The molecule has 0 radical (unpaired) electrons. The number of nitrogens with zero attached hydrogens (tertiary/aromatic N) is 2. The molecule has 26 heavy (non-hydrogen) atoms. The van der Waals surface area contributed by atoms with Crippen molar-refractivity contribution in [2.24, 2.45) is 7.05 Å². The lowest BCUT2D eigenvalue weighted by molar-refractivity contribution is -0.116. The fraction of sp³-hybridized carbons (Fsp3) is 0.526. The van der Waals surface area contributed by atoms with E-state index >= 15 is 0 Å². The van der Waals surface area contributed by atoms with Gasteiger partial charge in [0, 0.05) is 24.5 Å². The van der Waals surface area contributed by atoms with Crippen LogP contribution in [0.4, 0.5) is 5.00 Å². The summed E-state index contributed by atoms with van der Waals surface area (Å²) >= 11 is 1.52. The van der Waals surface area contributed by atoms with E-state index in [-0.39, 0.29) is 18.0 Å². The number of amides is 1. The van der Waals surface area contributed by atoms with Crippen LogP contribution in [0.25, 0.3) is 0 Å². The molecule has 2 aromatic heterocycles. The van der Waals surface area contributed by atoms with E-state index in [4.69, 9.17) is 4.74 Å². The lowest BCUT2D eigenvalue weighted by Crippen LogP contribution is -2.18. The van der Waals surface area contributed by atoms with Crippen molar-refractivity contribution in [1.29, 1.82) is 0 Å². The van der Waals surface area contributed by atoms with Gasteiger partial charge < -0.3 is 10.1 Å². The zero-order valence-electron chi connectivity index (χ0n) is 15.5. The summed E-state index contributed by atoms with van der Waals surface area (Å²) in [6.07, 6.45) is 8.50. The highest BCUT2D eigenvalue weighted by Crippen LogP contribution is 2.38.